The van der Waals surface area contributed by atoms with Gasteiger partial charge in [-0.25, -0.2) is 0 Å². The van der Waals surface area contributed by atoms with Crippen molar-refractivity contribution < 1.29 is 4.79 Å². The molecule has 0 aliphatic heterocycles. The van der Waals surface area contributed by atoms with Gasteiger partial charge in [0.25, 0.3) is 0 Å². The van der Waals surface area contributed by atoms with Crippen LogP contribution in [0.15, 0.2) is 0 Å². The number of hydrogen-bond acceptors (Lipinski definition) is 2. The highest BCUT2D eigenvalue weighted by Crippen LogP contribution is 2.68. The maximum absolute atomic E-state index is 12.8. The molecule has 0 aromatic heterocycles. The van der Waals surface area contributed by atoms with Crippen molar-refractivity contribution in [3.05, 3.63) is 0 Å². The van der Waals surface area contributed by atoms with Crippen molar-refractivity contribution in [2.45, 2.75) is 131 Å². The predicted molar refractivity (Wildman–Crippen MR) is 140 cm³/mol. The van der Waals surface area contributed by atoms with Gasteiger partial charge < -0.3 is 4.90 Å². The van der Waals surface area contributed by atoms with Gasteiger partial charge in [-0.05, 0) is 124 Å². The summed E-state index contributed by atoms with van der Waals surface area (Å²) in [6.07, 6.45) is 17.6. The molecule has 2 unspecified atom stereocenters. The average molecular weight is 458 g/mol. The Morgan fingerprint density at radius 1 is 0.879 bits per heavy atom. The van der Waals surface area contributed by atoms with Crippen LogP contribution in [0.2, 0.25) is 0 Å². The lowest BCUT2D eigenvalue weighted by Gasteiger charge is -2.61. The molecule has 9 atom stereocenters. The van der Waals surface area contributed by atoms with Crippen molar-refractivity contribution in [3.8, 4) is 0 Å². The summed E-state index contributed by atoms with van der Waals surface area (Å²) in [5.74, 6) is 6.02. The van der Waals surface area contributed by atoms with E-state index in [1.807, 2.05) is 0 Å². The van der Waals surface area contributed by atoms with Gasteiger partial charge >= 0.3 is 0 Å². The summed E-state index contributed by atoms with van der Waals surface area (Å²) in [4.78, 5) is 15.2. The van der Waals surface area contributed by atoms with Crippen LogP contribution in [-0.4, -0.2) is 29.8 Å². The van der Waals surface area contributed by atoms with Gasteiger partial charge in [0.2, 0.25) is 0 Å². The Hall–Kier alpha value is -0.370. The average Bonchev–Trinajstić information content (AvgIpc) is 3.15. The first-order valence-corrected chi connectivity index (χ1v) is 15.0. The number of carbonyl (C=O) groups excluding carboxylic acids is 1. The Morgan fingerprint density at radius 2 is 1.61 bits per heavy atom. The van der Waals surface area contributed by atoms with Crippen LogP contribution in [0, 0.1) is 46.3 Å². The zero-order valence-corrected chi connectivity index (χ0v) is 23.0. The van der Waals surface area contributed by atoms with Crippen LogP contribution in [0.25, 0.3) is 0 Å². The summed E-state index contributed by atoms with van der Waals surface area (Å²) >= 11 is 0. The number of Topliss-reactive ketones (excluding diaryl/α,β-unsaturated/α-hetero) is 1. The van der Waals surface area contributed by atoms with Crippen LogP contribution in [-0.2, 0) is 4.79 Å². The number of carbonyl (C=O) groups is 1. The molecule has 190 valence electrons. The number of rotatable bonds is 9. The second-order valence-corrected chi connectivity index (χ2v) is 13.5. The molecule has 0 heterocycles. The fourth-order valence-corrected chi connectivity index (χ4v) is 10.3. The Kier molecular flexibility index (Phi) is 8.04. The molecule has 4 saturated carbocycles. The maximum atomic E-state index is 12.8. The maximum Gasteiger partial charge on any atom is 0.134 e. The smallest absolute Gasteiger partial charge is 0.134 e. The number of nitrogens with zero attached hydrogens (tertiary/aromatic N) is 1. The molecule has 2 heteroatoms. The summed E-state index contributed by atoms with van der Waals surface area (Å²) in [6, 6.07) is 0.391. The molecule has 0 spiro atoms. The second kappa shape index (κ2) is 10.3. The molecule has 4 aliphatic rings. The third-order valence-corrected chi connectivity index (χ3v) is 12.2. The third kappa shape index (κ3) is 4.73. The largest absolute Gasteiger partial charge is 0.301 e. The van der Waals surface area contributed by atoms with E-state index in [0.717, 1.165) is 61.9 Å². The minimum absolute atomic E-state index is 0.391. The lowest BCUT2D eigenvalue weighted by Crippen LogP contribution is -2.53. The Balaban J connectivity index is 1.35. The summed E-state index contributed by atoms with van der Waals surface area (Å²) < 4.78 is 0. The molecule has 4 aliphatic carbocycles. The van der Waals surface area contributed by atoms with Crippen molar-refractivity contribution >= 4 is 5.78 Å². The van der Waals surface area contributed by atoms with Gasteiger partial charge in [0.15, 0.2) is 0 Å². The molecule has 0 N–H and O–H groups in total. The molecule has 0 aromatic carbocycles. The summed E-state index contributed by atoms with van der Waals surface area (Å²) in [6.45, 7) is 16.6. The van der Waals surface area contributed by atoms with Gasteiger partial charge in [0, 0.05) is 18.9 Å². The third-order valence-electron chi connectivity index (χ3n) is 12.2. The van der Waals surface area contributed by atoms with Crippen LogP contribution in [0.4, 0.5) is 0 Å². The SMILES string of the molecule is CCN(CC)C(C)CC(=O)CC[C@@H](C)[C@H]1CC[C@H]2[C@@H]3CCC4CCCC[C@]4(C)[C@H]3CC[C@]12C. The van der Waals surface area contributed by atoms with E-state index in [9.17, 15) is 4.79 Å². The minimum Gasteiger partial charge on any atom is -0.301 e. The van der Waals surface area contributed by atoms with Gasteiger partial charge in [-0.15, -0.1) is 0 Å². The normalized spacial score (nSPS) is 42.3. The number of hydrogen-bond donors (Lipinski definition) is 0. The quantitative estimate of drug-likeness (QED) is 0.348. The van der Waals surface area contributed by atoms with Crippen LogP contribution in [0.5, 0.6) is 0 Å². The Bertz CT molecular complexity index is 670. The molecule has 4 rings (SSSR count). The van der Waals surface area contributed by atoms with Crippen molar-refractivity contribution in [2.75, 3.05) is 13.1 Å². The lowest BCUT2D eigenvalue weighted by molar-refractivity contribution is -0.121. The first-order valence-electron chi connectivity index (χ1n) is 15.0. The summed E-state index contributed by atoms with van der Waals surface area (Å²) in [5, 5.41) is 0. The predicted octanol–water partition coefficient (Wildman–Crippen LogP) is 8.14. The highest BCUT2D eigenvalue weighted by atomic mass is 16.1. The zero-order valence-electron chi connectivity index (χ0n) is 23.0. The molecule has 0 saturated heterocycles. The van der Waals surface area contributed by atoms with Crippen molar-refractivity contribution in [2.24, 2.45) is 46.3 Å². The molecule has 33 heavy (non-hydrogen) atoms. The van der Waals surface area contributed by atoms with Crippen LogP contribution >= 0.6 is 0 Å². The topological polar surface area (TPSA) is 20.3 Å². The first kappa shape index (κ1) is 25.7. The van der Waals surface area contributed by atoms with Gasteiger partial charge in [0.1, 0.15) is 5.78 Å². The second-order valence-electron chi connectivity index (χ2n) is 13.5. The van der Waals surface area contributed by atoms with E-state index < -0.39 is 0 Å². The van der Waals surface area contributed by atoms with Gasteiger partial charge in [-0.2, -0.15) is 0 Å². The van der Waals surface area contributed by atoms with E-state index in [2.05, 4.69) is 46.4 Å². The van der Waals surface area contributed by atoms with Crippen molar-refractivity contribution in [1.29, 1.82) is 0 Å². The Labute approximate surface area is 206 Å². The van der Waals surface area contributed by atoms with Crippen molar-refractivity contribution in [3.63, 3.8) is 0 Å². The van der Waals surface area contributed by atoms with E-state index in [0.29, 0.717) is 28.6 Å². The molecular formula is C31H55NO. The van der Waals surface area contributed by atoms with E-state index in [1.165, 1.54) is 64.2 Å². The minimum atomic E-state index is 0.391. The number of ketones is 1. The molecule has 2 nitrogen and oxygen atoms in total. The highest BCUT2D eigenvalue weighted by molar-refractivity contribution is 5.78. The Morgan fingerprint density at radius 3 is 2.33 bits per heavy atom. The van der Waals surface area contributed by atoms with Crippen LogP contribution in [0.3, 0.4) is 0 Å². The number of fused-ring (bicyclic) bond motifs is 5. The van der Waals surface area contributed by atoms with Gasteiger partial charge in [0.05, 0.1) is 0 Å². The molecule has 0 aromatic rings. The standard InChI is InChI=1S/C31H55NO/c1-7-32(8-2)23(4)21-25(33)14-12-22(3)27-16-17-28-26-15-13-24-11-9-10-19-30(24,5)29(26)18-20-31(27,28)6/h22-24,26-29H,7-21H2,1-6H3/t22-,23?,24?,26+,27-,28+,29+,30+,31-/m1/s1. The monoisotopic (exact) mass is 457 g/mol. The van der Waals surface area contributed by atoms with Crippen LogP contribution < -0.4 is 0 Å². The molecular weight excluding hydrogens is 402 g/mol. The highest BCUT2D eigenvalue weighted by Gasteiger charge is 2.60. The van der Waals surface area contributed by atoms with E-state index in [1.54, 1.807) is 0 Å². The lowest BCUT2D eigenvalue weighted by atomic mass is 9.44. The fraction of sp³-hybridized carbons (Fsp3) is 0.968. The first-order chi connectivity index (χ1) is 15.7. The molecule has 0 amide bonds. The molecule has 0 radical (unpaired) electrons. The molecule has 4 fully saturated rings. The fourth-order valence-electron chi connectivity index (χ4n) is 10.3. The van der Waals surface area contributed by atoms with E-state index in [-0.39, 0.29) is 0 Å². The zero-order chi connectivity index (χ0) is 23.8. The van der Waals surface area contributed by atoms with E-state index >= 15 is 0 Å². The van der Waals surface area contributed by atoms with Gasteiger partial charge in [-0.3, -0.25) is 4.79 Å². The summed E-state index contributed by atoms with van der Waals surface area (Å²) in [7, 11) is 0. The summed E-state index contributed by atoms with van der Waals surface area (Å²) in [5.41, 5.74) is 1.19. The van der Waals surface area contributed by atoms with Crippen molar-refractivity contribution in [1.82, 2.24) is 4.90 Å². The van der Waals surface area contributed by atoms with E-state index in [4.69, 9.17) is 0 Å². The van der Waals surface area contributed by atoms with Crippen LogP contribution in [0.1, 0.15) is 125 Å². The van der Waals surface area contributed by atoms with Gasteiger partial charge in [-0.1, -0.05) is 47.5 Å². The molecule has 0 bridgehead atoms.